The second kappa shape index (κ2) is 4.60. The molecule has 0 aromatic carbocycles. The number of hydrogen-bond acceptors (Lipinski definition) is 2. The summed E-state index contributed by atoms with van der Waals surface area (Å²) in [5, 5.41) is 2.75. The summed E-state index contributed by atoms with van der Waals surface area (Å²) >= 11 is 0. The van der Waals surface area contributed by atoms with Gasteiger partial charge in [0, 0.05) is 12.7 Å². The summed E-state index contributed by atoms with van der Waals surface area (Å²) in [6, 6.07) is 1.40. The number of carbonyl (C=O) groups excluding carboxylic acids is 1. The zero-order chi connectivity index (χ0) is 11.5. The highest BCUT2D eigenvalue weighted by Crippen LogP contribution is 2.36. The fourth-order valence-corrected chi connectivity index (χ4v) is 1.74. The lowest BCUT2D eigenvalue weighted by Gasteiger charge is -2.11. The summed E-state index contributed by atoms with van der Waals surface area (Å²) < 4.78 is 13.2. The molecule has 1 atom stereocenters. The number of nitrogens with one attached hydrogen (secondary N) is 1. The van der Waals surface area contributed by atoms with Crippen LogP contribution in [0, 0.1) is 17.7 Å². The Bertz CT molecular complexity index is 390. The molecule has 1 fully saturated rings. The quantitative estimate of drug-likeness (QED) is 0.846. The van der Waals surface area contributed by atoms with Crippen LogP contribution in [-0.4, -0.2) is 17.4 Å². The molecular formula is C12H15FN2O. The molecule has 0 radical (unpaired) electrons. The number of aromatic nitrogens is 1. The molecule has 0 spiro atoms. The smallest absolute Gasteiger partial charge is 0.254 e. The van der Waals surface area contributed by atoms with Crippen LogP contribution >= 0.6 is 0 Å². The van der Waals surface area contributed by atoms with Gasteiger partial charge in [-0.1, -0.05) is 6.92 Å². The van der Waals surface area contributed by atoms with Crippen molar-refractivity contribution < 1.29 is 9.18 Å². The zero-order valence-corrected chi connectivity index (χ0v) is 9.24. The third-order valence-corrected chi connectivity index (χ3v) is 3.03. The summed E-state index contributed by atoms with van der Waals surface area (Å²) in [5.41, 5.74) is 0.0676. The number of rotatable bonds is 4. The molecule has 1 amide bonds. The van der Waals surface area contributed by atoms with Gasteiger partial charge in [0.1, 0.15) is 0 Å². The first-order chi connectivity index (χ1) is 7.68. The second-order valence-electron chi connectivity index (χ2n) is 4.38. The molecule has 0 saturated heterocycles. The van der Waals surface area contributed by atoms with Crippen molar-refractivity contribution in [3.05, 3.63) is 29.8 Å². The molecule has 3 nitrogen and oxygen atoms in total. The first-order valence-corrected chi connectivity index (χ1v) is 5.56. The van der Waals surface area contributed by atoms with Gasteiger partial charge in [0.2, 0.25) is 0 Å². The average Bonchev–Trinajstić information content (AvgIpc) is 3.10. The molecular weight excluding hydrogens is 207 g/mol. The van der Waals surface area contributed by atoms with E-state index in [1.54, 1.807) is 0 Å². The van der Waals surface area contributed by atoms with Crippen molar-refractivity contribution >= 4 is 5.91 Å². The molecule has 1 aliphatic rings. The molecule has 1 heterocycles. The minimum Gasteiger partial charge on any atom is -0.352 e. The Hall–Kier alpha value is -1.45. The number of amides is 1. The van der Waals surface area contributed by atoms with Gasteiger partial charge in [-0.05, 0) is 30.7 Å². The van der Waals surface area contributed by atoms with Gasteiger partial charge in [-0.2, -0.15) is 0 Å². The van der Waals surface area contributed by atoms with Crippen LogP contribution in [0.15, 0.2) is 18.5 Å². The van der Waals surface area contributed by atoms with Crippen LogP contribution in [0.25, 0.3) is 0 Å². The Labute approximate surface area is 94.1 Å². The van der Waals surface area contributed by atoms with E-state index in [-0.39, 0.29) is 11.5 Å². The Balaban J connectivity index is 1.90. The maximum atomic E-state index is 13.2. The molecule has 2 rings (SSSR count). The Morgan fingerprint density at radius 3 is 3.06 bits per heavy atom. The van der Waals surface area contributed by atoms with E-state index in [1.165, 1.54) is 25.1 Å². The molecule has 16 heavy (non-hydrogen) atoms. The summed E-state index contributed by atoms with van der Waals surface area (Å²) in [6.45, 7) is 2.73. The van der Waals surface area contributed by atoms with Crippen LogP contribution < -0.4 is 5.32 Å². The molecule has 4 heteroatoms. The van der Waals surface area contributed by atoms with E-state index in [9.17, 15) is 9.18 Å². The van der Waals surface area contributed by atoms with Crippen molar-refractivity contribution in [3.8, 4) is 0 Å². The predicted molar refractivity (Wildman–Crippen MR) is 58.4 cm³/mol. The Morgan fingerprint density at radius 2 is 2.44 bits per heavy atom. The number of nitrogens with zero attached hydrogens (tertiary/aromatic N) is 1. The van der Waals surface area contributed by atoms with E-state index < -0.39 is 5.82 Å². The topological polar surface area (TPSA) is 42.0 Å². The SMILES string of the molecule is CC(CNC(=O)c1ccncc1F)C1CC1. The highest BCUT2D eigenvalue weighted by atomic mass is 19.1. The first-order valence-electron chi connectivity index (χ1n) is 5.56. The Morgan fingerprint density at radius 1 is 1.69 bits per heavy atom. The summed E-state index contributed by atoms with van der Waals surface area (Å²) in [7, 11) is 0. The van der Waals surface area contributed by atoms with Gasteiger partial charge in [-0.15, -0.1) is 0 Å². The van der Waals surface area contributed by atoms with Crippen LogP contribution in [0.5, 0.6) is 0 Å². The van der Waals surface area contributed by atoms with Crippen molar-refractivity contribution in [2.45, 2.75) is 19.8 Å². The average molecular weight is 222 g/mol. The standard InChI is InChI=1S/C12H15FN2O/c1-8(9-2-3-9)6-15-12(16)10-4-5-14-7-11(10)13/h4-5,7-9H,2-3,6H2,1H3,(H,15,16). The molecule has 1 N–H and O–H groups in total. The van der Waals surface area contributed by atoms with Gasteiger partial charge in [-0.25, -0.2) is 4.39 Å². The van der Waals surface area contributed by atoms with Crippen LogP contribution in [0.4, 0.5) is 4.39 Å². The number of hydrogen-bond donors (Lipinski definition) is 1. The van der Waals surface area contributed by atoms with Gasteiger partial charge in [0.15, 0.2) is 5.82 Å². The van der Waals surface area contributed by atoms with E-state index in [2.05, 4.69) is 17.2 Å². The van der Waals surface area contributed by atoms with Gasteiger partial charge in [0.25, 0.3) is 5.91 Å². The van der Waals surface area contributed by atoms with Gasteiger partial charge in [0.05, 0.1) is 11.8 Å². The predicted octanol–water partition coefficient (Wildman–Crippen LogP) is 2.00. The molecule has 1 unspecified atom stereocenters. The highest BCUT2D eigenvalue weighted by Gasteiger charge is 2.28. The minimum atomic E-state index is -0.570. The van der Waals surface area contributed by atoms with E-state index >= 15 is 0 Å². The van der Waals surface area contributed by atoms with Crippen molar-refractivity contribution in [3.63, 3.8) is 0 Å². The van der Waals surface area contributed by atoms with Crippen molar-refractivity contribution in [1.29, 1.82) is 0 Å². The number of pyridine rings is 1. The van der Waals surface area contributed by atoms with Crippen LogP contribution in [0.2, 0.25) is 0 Å². The van der Waals surface area contributed by atoms with Crippen LogP contribution in [0.1, 0.15) is 30.1 Å². The maximum Gasteiger partial charge on any atom is 0.254 e. The van der Waals surface area contributed by atoms with E-state index in [4.69, 9.17) is 0 Å². The highest BCUT2D eigenvalue weighted by molar-refractivity contribution is 5.94. The lowest BCUT2D eigenvalue weighted by atomic mass is 10.1. The maximum absolute atomic E-state index is 13.2. The minimum absolute atomic E-state index is 0.0676. The summed E-state index contributed by atoms with van der Waals surface area (Å²) in [4.78, 5) is 15.2. The third kappa shape index (κ3) is 2.56. The monoisotopic (exact) mass is 222 g/mol. The fraction of sp³-hybridized carbons (Fsp3) is 0.500. The molecule has 1 saturated carbocycles. The zero-order valence-electron chi connectivity index (χ0n) is 9.24. The Kier molecular flexibility index (Phi) is 3.17. The molecule has 1 aromatic rings. The van der Waals surface area contributed by atoms with Crippen molar-refractivity contribution in [2.75, 3.05) is 6.54 Å². The largest absolute Gasteiger partial charge is 0.352 e. The third-order valence-electron chi connectivity index (χ3n) is 3.03. The van der Waals surface area contributed by atoms with Gasteiger partial charge >= 0.3 is 0 Å². The molecule has 1 aromatic heterocycles. The fourth-order valence-electron chi connectivity index (χ4n) is 1.74. The van der Waals surface area contributed by atoms with Gasteiger partial charge < -0.3 is 5.32 Å². The normalized spacial score (nSPS) is 16.9. The second-order valence-corrected chi connectivity index (χ2v) is 4.38. The number of carbonyl (C=O) groups is 1. The molecule has 0 bridgehead atoms. The lowest BCUT2D eigenvalue weighted by molar-refractivity contribution is 0.0942. The molecule has 0 aliphatic heterocycles. The van der Waals surface area contributed by atoms with Crippen molar-refractivity contribution in [2.24, 2.45) is 11.8 Å². The van der Waals surface area contributed by atoms with E-state index in [0.29, 0.717) is 12.5 Å². The molecule has 1 aliphatic carbocycles. The number of halogens is 1. The summed E-state index contributed by atoms with van der Waals surface area (Å²) in [5.74, 6) is 0.294. The van der Waals surface area contributed by atoms with E-state index in [0.717, 1.165) is 12.1 Å². The van der Waals surface area contributed by atoms with Crippen molar-refractivity contribution in [1.82, 2.24) is 10.3 Å². The molecule has 86 valence electrons. The first kappa shape index (κ1) is 11.0. The lowest BCUT2D eigenvalue weighted by Crippen LogP contribution is -2.29. The van der Waals surface area contributed by atoms with Gasteiger partial charge in [-0.3, -0.25) is 9.78 Å². The summed E-state index contributed by atoms with van der Waals surface area (Å²) in [6.07, 6.45) is 4.98. The van der Waals surface area contributed by atoms with E-state index in [1.807, 2.05) is 0 Å². The van der Waals surface area contributed by atoms with Crippen LogP contribution in [-0.2, 0) is 0 Å². The van der Waals surface area contributed by atoms with Crippen LogP contribution in [0.3, 0.4) is 0 Å².